The summed E-state index contributed by atoms with van der Waals surface area (Å²) in [6.07, 6.45) is 3.09. The Labute approximate surface area is 83.8 Å². The van der Waals surface area contributed by atoms with Crippen molar-refractivity contribution in [2.75, 3.05) is 19.7 Å². The number of aliphatic hydroxyl groups is 1. The highest BCUT2D eigenvalue weighted by Gasteiger charge is 2.27. The maximum Gasteiger partial charge on any atom is 0.225 e. The minimum absolute atomic E-state index is 0.125. The van der Waals surface area contributed by atoms with Gasteiger partial charge in [0.05, 0.1) is 18.6 Å². The van der Waals surface area contributed by atoms with Gasteiger partial charge in [-0.15, -0.1) is 0 Å². The van der Waals surface area contributed by atoms with E-state index in [0.717, 1.165) is 25.9 Å². The molecule has 2 unspecified atom stereocenters. The number of nitrogens with zero attached hydrogens (tertiary/aromatic N) is 1. The summed E-state index contributed by atoms with van der Waals surface area (Å²) in [5.41, 5.74) is 0. The molecule has 0 aromatic carbocycles. The van der Waals surface area contributed by atoms with Crippen LogP contribution < -0.4 is 0 Å². The van der Waals surface area contributed by atoms with Crippen molar-refractivity contribution in [3.05, 3.63) is 0 Å². The molecule has 14 heavy (non-hydrogen) atoms. The number of likely N-dealkylation sites (tertiary alicyclic amines) is 1. The van der Waals surface area contributed by atoms with Crippen LogP contribution in [0.5, 0.6) is 0 Å². The monoisotopic (exact) mass is 199 g/mol. The highest BCUT2D eigenvalue weighted by molar-refractivity contribution is 5.77. The van der Waals surface area contributed by atoms with Crippen LogP contribution in [0.2, 0.25) is 0 Å². The van der Waals surface area contributed by atoms with Gasteiger partial charge in [0, 0.05) is 19.7 Å². The molecule has 1 amide bonds. The maximum absolute atomic E-state index is 11.7. The molecule has 0 radical (unpaired) electrons. The number of amides is 1. The highest BCUT2D eigenvalue weighted by Crippen LogP contribution is 2.18. The maximum atomic E-state index is 11.7. The number of ether oxygens (including phenoxy) is 1. The van der Waals surface area contributed by atoms with Crippen molar-refractivity contribution in [2.24, 2.45) is 0 Å². The molecule has 0 aliphatic carbocycles. The van der Waals surface area contributed by atoms with Crippen molar-refractivity contribution in [1.82, 2.24) is 4.90 Å². The average molecular weight is 199 g/mol. The van der Waals surface area contributed by atoms with Gasteiger partial charge in [0.15, 0.2) is 0 Å². The standard InChI is InChI=1S/C10H17NO3/c12-8-3-4-11(7-8)10(13)6-9-2-1-5-14-9/h8-9,12H,1-7H2. The Morgan fingerprint density at radius 1 is 1.50 bits per heavy atom. The lowest BCUT2D eigenvalue weighted by Gasteiger charge is -2.17. The van der Waals surface area contributed by atoms with E-state index < -0.39 is 0 Å². The molecule has 4 heteroatoms. The first-order valence-corrected chi connectivity index (χ1v) is 5.33. The van der Waals surface area contributed by atoms with Crippen molar-refractivity contribution in [3.63, 3.8) is 0 Å². The molecule has 2 atom stereocenters. The Balaban J connectivity index is 1.77. The average Bonchev–Trinajstić information content (AvgIpc) is 2.75. The Morgan fingerprint density at radius 2 is 2.36 bits per heavy atom. The van der Waals surface area contributed by atoms with Crippen molar-refractivity contribution < 1.29 is 14.6 Å². The summed E-state index contributed by atoms with van der Waals surface area (Å²) in [4.78, 5) is 13.4. The predicted molar refractivity (Wildman–Crippen MR) is 50.8 cm³/mol. The van der Waals surface area contributed by atoms with E-state index in [4.69, 9.17) is 4.74 Å². The van der Waals surface area contributed by atoms with Gasteiger partial charge in [0.2, 0.25) is 5.91 Å². The van der Waals surface area contributed by atoms with Crippen LogP contribution in [0.3, 0.4) is 0 Å². The first-order valence-electron chi connectivity index (χ1n) is 5.33. The minimum atomic E-state index is -0.316. The van der Waals surface area contributed by atoms with Crippen LogP contribution in [0.15, 0.2) is 0 Å². The van der Waals surface area contributed by atoms with Crippen LogP contribution in [0, 0.1) is 0 Å². The molecular formula is C10H17NO3. The molecule has 0 aromatic heterocycles. The van der Waals surface area contributed by atoms with E-state index in [1.807, 2.05) is 0 Å². The second kappa shape index (κ2) is 4.28. The van der Waals surface area contributed by atoms with Gasteiger partial charge in [-0.3, -0.25) is 4.79 Å². The number of β-amino-alcohol motifs (C(OH)–C–C–N with tert-alkyl or cyclic N) is 1. The minimum Gasteiger partial charge on any atom is -0.391 e. The van der Waals surface area contributed by atoms with Crippen molar-refractivity contribution in [3.8, 4) is 0 Å². The van der Waals surface area contributed by atoms with Crippen LogP contribution in [0.25, 0.3) is 0 Å². The van der Waals surface area contributed by atoms with E-state index in [9.17, 15) is 9.90 Å². The largest absolute Gasteiger partial charge is 0.391 e. The van der Waals surface area contributed by atoms with Gasteiger partial charge < -0.3 is 14.7 Å². The molecule has 2 heterocycles. The number of hydrogen-bond donors (Lipinski definition) is 1. The lowest BCUT2D eigenvalue weighted by atomic mass is 10.1. The van der Waals surface area contributed by atoms with Gasteiger partial charge >= 0.3 is 0 Å². The Kier molecular flexibility index (Phi) is 3.03. The highest BCUT2D eigenvalue weighted by atomic mass is 16.5. The van der Waals surface area contributed by atoms with Gasteiger partial charge in [0.25, 0.3) is 0 Å². The second-order valence-corrected chi connectivity index (χ2v) is 4.12. The summed E-state index contributed by atoms with van der Waals surface area (Å²) in [5, 5.41) is 9.28. The first kappa shape index (κ1) is 9.93. The van der Waals surface area contributed by atoms with Crippen molar-refractivity contribution in [1.29, 1.82) is 0 Å². The molecule has 0 saturated carbocycles. The van der Waals surface area contributed by atoms with Crippen molar-refractivity contribution in [2.45, 2.75) is 37.9 Å². The number of rotatable bonds is 2. The zero-order valence-electron chi connectivity index (χ0n) is 8.32. The SMILES string of the molecule is O=C(CC1CCCO1)N1CCC(O)C1. The summed E-state index contributed by atoms with van der Waals surface area (Å²) in [6, 6.07) is 0. The quantitative estimate of drug-likeness (QED) is 0.688. The van der Waals surface area contributed by atoms with Gasteiger partial charge in [-0.05, 0) is 19.3 Å². The van der Waals surface area contributed by atoms with Crippen LogP contribution >= 0.6 is 0 Å². The van der Waals surface area contributed by atoms with E-state index in [0.29, 0.717) is 19.5 Å². The molecule has 0 aromatic rings. The molecule has 2 saturated heterocycles. The molecule has 0 spiro atoms. The second-order valence-electron chi connectivity index (χ2n) is 4.12. The van der Waals surface area contributed by atoms with Crippen LogP contribution in [-0.2, 0) is 9.53 Å². The summed E-state index contributed by atoms with van der Waals surface area (Å²) in [6.45, 7) is 2.00. The number of carbonyl (C=O) groups is 1. The fourth-order valence-electron chi connectivity index (χ4n) is 2.10. The van der Waals surface area contributed by atoms with E-state index >= 15 is 0 Å². The smallest absolute Gasteiger partial charge is 0.225 e. The Morgan fingerprint density at radius 3 is 2.93 bits per heavy atom. The van der Waals surface area contributed by atoms with Gasteiger partial charge in [-0.1, -0.05) is 0 Å². The third kappa shape index (κ3) is 2.25. The molecule has 2 rings (SSSR count). The van der Waals surface area contributed by atoms with E-state index in [2.05, 4.69) is 0 Å². The fraction of sp³-hybridized carbons (Fsp3) is 0.900. The molecule has 2 aliphatic rings. The molecule has 4 nitrogen and oxygen atoms in total. The van der Waals surface area contributed by atoms with Gasteiger partial charge in [0.1, 0.15) is 0 Å². The molecule has 2 fully saturated rings. The van der Waals surface area contributed by atoms with E-state index in [1.54, 1.807) is 4.90 Å². The summed E-state index contributed by atoms with van der Waals surface area (Å²) in [5.74, 6) is 0.133. The zero-order chi connectivity index (χ0) is 9.97. The number of carbonyl (C=O) groups excluding carboxylic acids is 1. The normalized spacial score (nSPS) is 32.5. The first-order chi connectivity index (χ1) is 6.75. The van der Waals surface area contributed by atoms with E-state index in [1.165, 1.54) is 0 Å². The Bertz CT molecular complexity index is 213. The lowest BCUT2D eigenvalue weighted by Crippen LogP contribution is -2.32. The molecule has 80 valence electrons. The third-order valence-corrected chi connectivity index (χ3v) is 2.94. The fourth-order valence-corrected chi connectivity index (χ4v) is 2.10. The Hall–Kier alpha value is -0.610. The lowest BCUT2D eigenvalue weighted by molar-refractivity contribution is -0.132. The number of hydrogen-bond acceptors (Lipinski definition) is 3. The molecule has 2 aliphatic heterocycles. The summed E-state index contributed by atoms with van der Waals surface area (Å²) in [7, 11) is 0. The summed E-state index contributed by atoms with van der Waals surface area (Å²) >= 11 is 0. The van der Waals surface area contributed by atoms with E-state index in [-0.39, 0.29) is 18.1 Å². The molecule has 0 bridgehead atoms. The van der Waals surface area contributed by atoms with Crippen LogP contribution in [-0.4, -0.2) is 47.8 Å². The van der Waals surface area contributed by atoms with Crippen molar-refractivity contribution >= 4 is 5.91 Å². The molecular weight excluding hydrogens is 182 g/mol. The zero-order valence-corrected chi connectivity index (χ0v) is 8.32. The third-order valence-electron chi connectivity index (χ3n) is 2.94. The molecule has 1 N–H and O–H groups in total. The van der Waals surface area contributed by atoms with Crippen LogP contribution in [0.1, 0.15) is 25.7 Å². The summed E-state index contributed by atoms with van der Waals surface area (Å²) < 4.78 is 5.40. The van der Waals surface area contributed by atoms with Gasteiger partial charge in [-0.25, -0.2) is 0 Å². The van der Waals surface area contributed by atoms with Crippen LogP contribution in [0.4, 0.5) is 0 Å². The predicted octanol–water partition coefficient (Wildman–Crippen LogP) is 0.149. The van der Waals surface area contributed by atoms with Gasteiger partial charge in [-0.2, -0.15) is 0 Å². The number of aliphatic hydroxyl groups excluding tert-OH is 1. The topological polar surface area (TPSA) is 49.8 Å².